The smallest absolute Gasteiger partial charge is 0.239 e. The van der Waals surface area contributed by atoms with E-state index in [0.717, 1.165) is 30.6 Å². The summed E-state index contributed by atoms with van der Waals surface area (Å²) in [6.07, 6.45) is 3.74. The van der Waals surface area contributed by atoms with Crippen molar-refractivity contribution in [2.24, 2.45) is 0 Å². The quantitative estimate of drug-likeness (QED) is 0.270. The van der Waals surface area contributed by atoms with Crippen molar-refractivity contribution >= 4 is 18.2 Å². The molecule has 2 atom stereocenters. The van der Waals surface area contributed by atoms with Crippen LogP contribution < -0.4 is 20.7 Å². The molecule has 0 aliphatic carbocycles. The molecule has 1 aromatic rings. The summed E-state index contributed by atoms with van der Waals surface area (Å²) in [4.78, 5) is 36.4. The van der Waals surface area contributed by atoms with E-state index in [1.807, 2.05) is 45.0 Å². The first kappa shape index (κ1) is 26.4. The summed E-state index contributed by atoms with van der Waals surface area (Å²) < 4.78 is 6.13. The fourth-order valence-electron chi connectivity index (χ4n) is 3.25. The van der Waals surface area contributed by atoms with Crippen LogP contribution in [0, 0.1) is 0 Å². The summed E-state index contributed by atoms with van der Waals surface area (Å²) in [6.45, 7) is 7.56. The van der Waals surface area contributed by atoms with Crippen LogP contribution in [0.25, 0.3) is 0 Å². The van der Waals surface area contributed by atoms with Gasteiger partial charge in [0, 0.05) is 26.7 Å². The zero-order valence-corrected chi connectivity index (χ0v) is 19.3. The highest BCUT2D eigenvalue weighted by Crippen LogP contribution is 2.20. The number of likely N-dealkylation sites (N-methyl/N-ethyl adjacent to an activating group) is 2. The average molecular weight is 435 g/mol. The zero-order valence-electron chi connectivity index (χ0n) is 19.3. The fourth-order valence-corrected chi connectivity index (χ4v) is 3.25. The molecular weight excluding hydrogens is 396 g/mol. The second-order valence-electron chi connectivity index (χ2n) is 7.61. The summed E-state index contributed by atoms with van der Waals surface area (Å²) in [7, 11) is 1.65. The number of rotatable bonds is 16. The van der Waals surface area contributed by atoms with Gasteiger partial charge in [-0.25, -0.2) is 0 Å². The molecule has 0 saturated carbocycles. The van der Waals surface area contributed by atoms with Crippen LogP contribution >= 0.6 is 0 Å². The lowest BCUT2D eigenvalue weighted by atomic mass is 10.1. The van der Waals surface area contributed by atoms with Crippen LogP contribution in [0.4, 0.5) is 0 Å². The minimum Gasteiger partial charge on any atom is -0.489 e. The van der Waals surface area contributed by atoms with Crippen LogP contribution in [-0.4, -0.2) is 68.5 Å². The van der Waals surface area contributed by atoms with Crippen LogP contribution in [0.5, 0.6) is 5.75 Å². The number of aryl methyl sites for hydroxylation is 1. The molecule has 8 heteroatoms. The summed E-state index contributed by atoms with van der Waals surface area (Å²) in [5, 5.41) is 8.69. The van der Waals surface area contributed by atoms with E-state index in [4.69, 9.17) is 4.74 Å². The lowest BCUT2D eigenvalue weighted by Gasteiger charge is -2.26. The lowest BCUT2D eigenvalue weighted by molar-refractivity contribution is -0.136. The molecule has 0 aliphatic heterocycles. The maximum atomic E-state index is 12.8. The SMILES string of the molecule is CCCC(NC[C@@H](C)Oc1ccccc1CCCNC=O)C(=O)N(C)CC(=O)NCC. The van der Waals surface area contributed by atoms with E-state index in [0.29, 0.717) is 32.5 Å². The molecule has 1 unspecified atom stereocenters. The average Bonchev–Trinajstić information content (AvgIpc) is 2.74. The van der Waals surface area contributed by atoms with E-state index in [9.17, 15) is 14.4 Å². The molecule has 1 aromatic carbocycles. The van der Waals surface area contributed by atoms with Crippen molar-refractivity contribution in [1.82, 2.24) is 20.9 Å². The molecule has 0 aromatic heterocycles. The summed E-state index contributed by atoms with van der Waals surface area (Å²) in [5.74, 6) is 0.559. The summed E-state index contributed by atoms with van der Waals surface area (Å²) in [6, 6.07) is 7.51. The Morgan fingerprint density at radius 1 is 1.23 bits per heavy atom. The predicted octanol–water partition coefficient (Wildman–Crippen LogP) is 1.49. The largest absolute Gasteiger partial charge is 0.489 e. The van der Waals surface area contributed by atoms with Crippen LogP contribution in [0.3, 0.4) is 0 Å². The Morgan fingerprint density at radius 3 is 2.65 bits per heavy atom. The molecule has 31 heavy (non-hydrogen) atoms. The van der Waals surface area contributed by atoms with Gasteiger partial charge >= 0.3 is 0 Å². The van der Waals surface area contributed by atoms with Crippen LogP contribution in [0.1, 0.15) is 45.6 Å². The molecule has 0 saturated heterocycles. The third-order valence-electron chi connectivity index (χ3n) is 4.81. The molecule has 0 aliphatic rings. The van der Waals surface area contributed by atoms with Crippen molar-refractivity contribution in [2.75, 3.05) is 33.2 Å². The van der Waals surface area contributed by atoms with Gasteiger partial charge < -0.3 is 25.6 Å². The molecular formula is C23H38N4O4. The Bertz CT molecular complexity index is 683. The highest BCUT2D eigenvalue weighted by molar-refractivity contribution is 5.87. The molecule has 0 spiro atoms. The Hall–Kier alpha value is -2.61. The Balaban J connectivity index is 2.61. The first-order valence-corrected chi connectivity index (χ1v) is 11.1. The minimum absolute atomic E-state index is 0.0486. The predicted molar refractivity (Wildman–Crippen MR) is 122 cm³/mol. The van der Waals surface area contributed by atoms with Crippen molar-refractivity contribution in [2.45, 2.75) is 58.6 Å². The van der Waals surface area contributed by atoms with E-state index in [1.54, 1.807) is 7.05 Å². The topological polar surface area (TPSA) is 99.8 Å². The standard InChI is InChI=1S/C23H38N4O4/c1-5-10-20(23(30)27(4)16-22(29)25-6-2)26-15-18(3)31-21-13-8-7-11-19(21)12-9-14-24-17-28/h7-8,11,13,17-18,20,26H,5-6,9-10,12,14-16H2,1-4H3,(H,24,28)(H,25,29)/t18-,20?/m1/s1. The number of nitrogens with one attached hydrogen (secondary N) is 3. The van der Waals surface area contributed by atoms with Crippen molar-refractivity contribution in [1.29, 1.82) is 0 Å². The fraction of sp³-hybridized carbons (Fsp3) is 0.609. The van der Waals surface area contributed by atoms with Gasteiger partial charge in [-0.05, 0) is 44.7 Å². The van der Waals surface area contributed by atoms with E-state index in [2.05, 4.69) is 16.0 Å². The molecule has 8 nitrogen and oxygen atoms in total. The maximum Gasteiger partial charge on any atom is 0.239 e. The minimum atomic E-state index is -0.361. The molecule has 3 amide bonds. The number of amides is 3. The van der Waals surface area contributed by atoms with E-state index >= 15 is 0 Å². The Labute approximate surface area is 186 Å². The van der Waals surface area contributed by atoms with E-state index < -0.39 is 0 Å². The maximum absolute atomic E-state index is 12.8. The summed E-state index contributed by atoms with van der Waals surface area (Å²) >= 11 is 0. The van der Waals surface area contributed by atoms with Crippen molar-refractivity contribution in [3.8, 4) is 5.75 Å². The molecule has 0 bridgehead atoms. The number of hydrogen-bond acceptors (Lipinski definition) is 5. The number of carbonyl (C=O) groups excluding carboxylic acids is 3. The second-order valence-corrected chi connectivity index (χ2v) is 7.61. The van der Waals surface area contributed by atoms with Gasteiger partial charge in [0.05, 0.1) is 12.6 Å². The van der Waals surface area contributed by atoms with E-state index in [1.165, 1.54) is 4.90 Å². The molecule has 3 N–H and O–H groups in total. The highest BCUT2D eigenvalue weighted by atomic mass is 16.5. The zero-order chi connectivity index (χ0) is 23.1. The number of benzene rings is 1. The van der Waals surface area contributed by atoms with Crippen molar-refractivity contribution in [3.05, 3.63) is 29.8 Å². The number of para-hydroxylation sites is 1. The van der Waals surface area contributed by atoms with Gasteiger partial charge in [0.2, 0.25) is 18.2 Å². The van der Waals surface area contributed by atoms with Crippen molar-refractivity contribution < 1.29 is 19.1 Å². The lowest BCUT2D eigenvalue weighted by Crippen LogP contribution is -2.49. The molecule has 0 radical (unpaired) electrons. The van der Waals surface area contributed by atoms with Crippen LogP contribution in [0.2, 0.25) is 0 Å². The molecule has 0 fully saturated rings. The van der Waals surface area contributed by atoms with Gasteiger partial charge in [-0.2, -0.15) is 0 Å². The van der Waals surface area contributed by atoms with Gasteiger partial charge in [-0.3, -0.25) is 14.4 Å². The van der Waals surface area contributed by atoms with Gasteiger partial charge in [-0.15, -0.1) is 0 Å². The first-order valence-electron chi connectivity index (χ1n) is 11.1. The van der Waals surface area contributed by atoms with Gasteiger partial charge in [0.1, 0.15) is 11.9 Å². The highest BCUT2D eigenvalue weighted by Gasteiger charge is 2.23. The van der Waals surface area contributed by atoms with Gasteiger partial charge in [0.15, 0.2) is 0 Å². The number of hydrogen-bond donors (Lipinski definition) is 3. The van der Waals surface area contributed by atoms with Crippen LogP contribution in [-0.2, 0) is 20.8 Å². The van der Waals surface area contributed by atoms with Gasteiger partial charge in [0.25, 0.3) is 0 Å². The van der Waals surface area contributed by atoms with E-state index in [-0.39, 0.29) is 30.5 Å². The number of ether oxygens (including phenoxy) is 1. The second kappa shape index (κ2) is 15.2. The Morgan fingerprint density at radius 2 is 1.97 bits per heavy atom. The number of carbonyl (C=O) groups is 3. The van der Waals surface area contributed by atoms with Crippen LogP contribution in [0.15, 0.2) is 24.3 Å². The third kappa shape index (κ3) is 10.3. The first-order chi connectivity index (χ1) is 14.9. The van der Waals surface area contributed by atoms with Gasteiger partial charge in [-0.1, -0.05) is 31.5 Å². The summed E-state index contributed by atoms with van der Waals surface area (Å²) in [5.41, 5.74) is 1.09. The molecule has 1 rings (SSSR count). The monoisotopic (exact) mass is 434 g/mol. The normalized spacial score (nSPS) is 12.5. The Kier molecular flexibility index (Phi) is 13.0. The third-order valence-corrected chi connectivity index (χ3v) is 4.81. The molecule has 174 valence electrons. The van der Waals surface area contributed by atoms with Crippen molar-refractivity contribution in [3.63, 3.8) is 0 Å². The number of nitrogens with zero attached hydrogens (tertiary/aromatic N) is 1. The molecule has 0 heterocycles.